The molecule has 0 fully saturated rings. The molecule has 5 heteroatoms. The van der Waals surface area contributed by atoms with Crippen LogP contribution in [-0.4, -0.2) is 42.5 Å². The van der Waals surface area contributed by atoms with Crippen LogP contribution in [0.25, 0.3) is 0 Å². The molecule has 0 aliphatic heterocycles. The van der Waals surface area contributed by atoms with Gasteiger partial charge in [0.15, 0.2) is 0 Å². The molecule has 0 atom stereocenters. The lowest BCUT2D eigenvalue weighted by molar-refractivity contribution is 0.0727. The van der Waals surface area contributed by atoms with Crippen LogP contribution >= 0.6 is 0 Å². The Kier molecular flexibility index (Phi) is 6.84. The molecule has 1 heterocycles. The maximum absolute atomic E-state index is 5.49. The standard InChI is InChI=1S/C12H23N3O2/c1-11(2)17-7-5-15-9-12(14-10-15)8-13-4-6-16-3/h9-11,13H,4-8H2,1-3H3. The third-order valence-corrected chi connectivity index (χ3v) is 2.28. The highest BCUT2D eigenvalue weighted by molar-refractivity contribution is 4.95. The van der Waals surface area contributed by atoms with Gasteiger partial charge in [0.05, 0.1) is 31.3 Å². The second-order valence-electron chi connectivity index (χ2n) is 4.19. The molecule has 0 saturated carbocycles. The van der Waals surface area contributed by atoms with Crippen LogP contribution in [0.5, 0.6) is 0 Å². The summed E-state index contributed by atoms with van der Waals surface area (Å²) in [7, 11) is 1.70. The van der Waals surface area contributed by atoms with Crippen LogP contribution in [0.2, 0.25) is 0 Å². The van der Waals surface area contributed by atoms with Crippen molar-refractivity contribution in [2.24, 2.45) is 0 Å². The highest BCUT2D eigenvalue weighted by atomic mass is 16.5. The fourth-order valence-corrected chi connectivity index (χ4v) is 1.40. The molecule has 98 valence electrons. The van der Waals surface area contributed by atoms with Gasteiger partial charge in [0.1, 0.15) is 0 Å². The first-order valence-electron chi connectivity index (χ1n) is 6.04. The van der Waals surface area contributed by atoms with Crippen molar-refractivity contribution in [1.82, 2.24) is 14.9 Å². The number of aromatic nitrogens is 2. The number of ether oxygens (including phenoxy) is 2. The number of imidazole rings is 1. The minimum atomic E-state index is 0.286. The van der Waals surface area contributed by atoms with Crippen molar-refractivity contribution in [2.45, 2.75) is 33.0 Å². The molecular formula is C12H23N3O2. The zero-order chi connectivity index (χ0) is 12.5. The van der Waals surface area contributed by atoms with E-state index in [0.717, 1.165) is 38.5 Å². The Balaban J connectivity index is 2.18. The molecule has 1 N–H and O–H groups in total. The van der Waals surface area contributed by atoms with Crippen LogP contribution < -0.4 is 5.32 Å². The van der Waals surface area contributed by atoms with E-state index in [2.05, 4.69) is 14.9 Å². The Morgan fingerprint density at radius 2 is 2.24 bits per heavy atom. The summed E-state index contributed by atoms with van der Waals surface area (Å²) in [5.74, 6) is 0. The average molecular weight is 241 g/mol. The highest BCUT2D eigenvalue weighted by Gasteiger charge is 1.99. The van der Waals surface area contributed by atoms with Gasteiger partial charge in [-0.2, -0.15) is 0 Å². The SMILES string of the molecule is COCCNCc1cn(CCOC(C)C)cn1. The first-order chi connectivity index (χ1) is 8.22. The summed E-state index contributed by atoms with van der Waals surface area (Å²) in [5, 5.41) is 3.26. The quantitative estimate of drug-likeness (QED) is 0.656. The van der Waals surface area contributed by atoms with Crippen molar-refractivity contribution < 1.29 is 9.47 Å². The predicted octanol–water partition coefficient (Wildman–Crippen LogP) is 1.04. The molecular weight excluding hydrogens is 218 g/mol. The summed E-state index contributed by atoms with van der Waals surface area (Å²) in [6.45, 7) is 8.01. The van der Waals surface area contributed by atoms with Gasteiger partial charge in [-0.25, -0.2) is 4.98 Å². The van der Waals surface area contributed by atoms with Gasteiger partial charge in [0.2, 0.25) is 0 Å². The monoisotopic (exact) mass is 241 g/mol. The molecule has 1 aromatic heterocycles. The largest absolute Gasteiger partial charge is 0.383 e. The van der Waals surface area contributed by atoms with Gasteiger partial charge in [0.25, 0.3) is 0 Å². The molecule has 0 spiro atoms. The first kappa shape index (κ1) is 14.2. The number of nitrogens with one attached hydrogen (secondary N) is 1. The molecule has 0 unspecified atom stereocenters. The van der Waals surface area contributed by atoms with Crippen LogP contribution in [-0.2, 0) is 22.6 Å². The third-order valence-electron chi connectivity index (χ3n) is 2.28. The van der Waals surface area contributed by atoms with E-state index < -0.39 is 0 Å². The van der Waals surface area contributed by atoms with E-state index in [0.29, 0.717) is 0 Å². The van der Waals surface area contributed by atoms with Gasteiger partial charge in [-0.3, -0.25) is 0 Å². The van der Waals surface area contributed by atoms with E-state index in [1.807, 2.05) is 26.4 Å². The molecule has 0 saturated heterocycles. The lowest BCUT2D eigenvalue weighted by Crippen LogP contribution is -2.18. The fraction of sp³-hybridized carbons (Fsp3) is 0.750. The van der Waals surface area contributed by atoms with Gasteiger partial charge in [0, 0.05) is 32.9 Å². The van der Waals surface area contributed by atoms with Crippen LogP contribution in [0.15, 0.2) is 12.5 Å². The Morgan fingerprint density at radius 1 is 1.41 bits per heavy atom. The van der Waals surface area contributed by atoms with Gasteiger partial charge in [-0.15, -0.1) is 0 Å². The van der Waals surface area contributed by atoms with E-state index in [9.17, 15) is 0 Å². The Hall–Kier alpha value is -0.910. The number of nitrogens with zero attached hydrogens (tertiary/aromatic N) is 2. The zero-order valence-corrected chi connectivity index (χ0v) is 11.0. The summed E-state index contributed by atoms with van der Waals surface area (Å²) in [5.41, 5.74) is 1.05. The van der Waals surface area contributed by atoms with Gasteiger partial charge < -0.3 is 19.4 Å². The van der Waals surface area contributed by atoms with Crippen LogP contribution in [0.1, 0.15) is 19.5 Å². The van der Waals surface area contributed by atoms with Crippen molar-refractivity contribution in [3.63, 3.8) is 0 Å². The molecule has 0 aliphatic rings. The van der Waals surface area contributed by atoms with E-state index >= 15 is 0 Å². The maximum Gasteiger partial charge on any atom is 0.0950 e. The normalized spacial score (nSPS) is 11.3. The van der Waals surface area contributed by atoms with Crippen LogP contribution in [0, 0.1) is 0 Å². The molecule has 1 aromatic rings. The van der Waals surface area contributed by atoms with Crippen LogP contribution in [0.3, 0.4) is 0 Å². The number of rotatable bonds is 9. The minimum absolute atomic E-state index is 0.286. The molecule has 17 heavy (non-hydrogen) atoms. The predicted molar refractivity (Wildman–Crippen MR) is 66.9 cm³/mol. The summed E-state index contributed by atoms with van der Waals surface area (Å²) in [6, 6.07) is 0. The molecule has 0 bridgehead atoms. The summed E-state index contributed by atoms with van der Waals surface area (Å²) < 4.78 is 12.5. The second kappa shape index (κ2) is 8.22. The lowest BCUT2D eigenvalue weighted by Gasteiger charge is -2.07. The van der Waals surface area contributed by atoms with E-state index in [1.165, 1.54) is 0 Å². The van der Waals surface area contributed by atoms with Gasteiger partial charge >= 0.3 is 0 Å². The van der Waals surface area contributed by atoms with Crippen LogP contribution in [0.4, 0.5) is 0 Å². The van der Waals surface area contributed by atoms with E-state index in [4.69, 9.17) is 9.47 Å². The molecule has 0 amide bonds. The van der Waals surface area contributed by atoms with Gasteiger partial charge in [-0.05, 0) is 13.8 Å². The van der Waals surface area contributed by atoms with Crippen molar-refractivity contribution in [1.29, 1.82) is 0 Å². The maximum atomic E-state index is 5.49. The topological polar surface area (TPSA) is 48.3 Å². The summed E-state index contributed by atoms with van der Waals surface area (Å²) >= 11 is 0. The number of hydrogen-bond acceptors (Lipinski definition) is 4. The third kappa shape index (κ3) is 6.41. The smallest absolute Gasteiger partial charge is 0.0950 e. The van der Waals surface area contributed by atoms with E-state index in [1.54, 1.807) is 7.11 Å². The van der Waals surface area contributed by atoms with Gasteiger partial charge in [-0.1, -0.05) is 0 Å². The zero-order valence-electron chi connectivity index (χ0n) is 11.0. The molecule has 1 rings (SSSR count). The fourth-order valence-electron chi connectivity index (χ4n) is 1.40. The molecule has 0 aromatic carbocycles. The summed E-state index contributed by atoms with van der Waals surface area (Å²) in [6.07, 6.45) is 4.18. The highest BCUT2D eigenvalue weighted by Crippen LogP contribution is 1.97. The second-order valence-corrected chi connectivity index (χ2v) is 4.19. The summed E-state index contributed by atoms with van der Waals surface area (Å²) in [4.78, 5) is 4.32. The minimum Gasteiger partial charge on any atom is -0.383 e. The molecule has 5 nitrogen and oxygen atoms in total. The lowest BCUT2D eigenvalue weighted by atomic mass is 10.4. The number of hydrogen-bond donors (Lipinski definition) is 1. The van der Waals surface area contributed by atoms with E-state index in [-0.39, 0.29) is 6.10 Å². The van der Waals surface area contributed by atoms with Crippen molar-refractivity contribution in [3.05, 3.63) is 18.2 Å². The Bertz CT molecular complexity index is 300. The Labute approximate surface area is 103 Å². The van der Waals surface area contributed by atoms with Crippen molar-refractivity contribution >= 4 is 0 Å². The van der Waals surface area contributed by atoms with Crippen molar-refractivity contribution in [2.75, 3.05) is 26.9 Å². The first-order valence-corrected chi connectivity index (χ1v) is 6.04. The Morgan fingerprint density at radius 3 is 2.94 bits per heavy atom. The number of methoxy groups -OCH3 is 1. The van der Waals surface area contributed by atoms with Crippen molar-refractivity contribution in [3.8, 4) is 0 Å². The molecule has 0 radical (unpaired) electrons. The average Bonchev–Trinajstić information content (AvgIpc) is 2.72. The molecule has 0 aliphatic carbocycles.